The summed E-state index contributed by atoms with van der Waals surface area (Å²) in [6.07, 6.45) is 2.40. The summed E-state index contributed by atoms with van der Waals surface area (Å²) in [6, 6.07) is 3.69. The van der Waals surface area contributed by atoms with Crippen LogP contribution in [0.4, 0.5) is 0 Å². The zero-order valence-electron chi connectivity index (χ0n) is 9.95. The molecule has 1 unspecified atom stereocenters. The van der Waals surface area contributed by atoms with E-state index in [1.165, 1.54) is 0 Å². The number of rotatable bonds is 8. The van der Waals surface area contributed by atoms with E-state index in [0.29, 0.717) is 25.6 Å². The molecule has 1 N–H and O–H groups in total. The molecule has 0 saturated carbocycles. The van der Waals surface area contributed by atoms with E-state index < -0.39 is 0 Å². The van der Waals surface area contributed by atoms with Gasteiger partial charge in [0.05, 0.1) is 6.26 Å². The number of hydrogen-bond acceptors (Lipinski definition) is 3. The predicted octanol–water partition coefficient (Wildman–Crippen LogP) is 2.18. The van der Waals surface area contributed by atoms with E-state index in [0.717, 1.165) is 12.2 Å². The number of furan rings is 1. The van der Waals surface area contributed by atoms with Gasteiger partial charge in [0.1, 0.15) is 12.4 Å². The number of hydrogen-bond donors (Lipinski definition) is 1. The fraction of sp³-hybridized carbons (Fsp3) is 0.583. The lowest BCUT2D eigenvalue weighted by Gasteiger charge is -2.08. The standard InChI is InChI=1S/C12H18ClNO3/c1-10(8-13)12(15)14-5-3-6-16-9-11-4-2-7-17-11/h2,4,7,10H,3,5-6,8-9H2,1H3,(H,14,15). The molecule has 96 valence electrons. The van der Waals surface area contributed by atoms with Gasteiger partial charge in [-0.3, -0.25) is 4.79 Å². The maximum absolute atomic E-state index is 11.3. The fourth-order valence-electron chi connectivity index (χ4n) is 1.20. The first-order chi connectivity index (χ1) is 8.24. The van der Waals surface area contributed by atoms with Crippen LogP contribution in [0.15, 0.2) is 22.8 Å². The van der Waals surface area contributed by atoms with Crippen LogP contribution in [0.5, 0.6) is 0 Å². The van der Waals surface area contributed by atoms with Gasteiger partial charge in [-0.05, 0) is 18.6 Å². The number of carbonyl (C=O) groups is 1. The summed E-state index contributed by atoms with van der Waals surface area (Å²) in [4.78, 5) is 11.3. The number of alkyl halides is 1. The summed E-state index contributed by atoms with van der Waals surface area (Å²) < 4.78 is 10.5. The second-order valence-electron chi connectivity index (χ2n) is 3.83. The number of ether oxygens (including phenoxy) is 1. The number of amides is 1. The Bertz CT molecular complexity index is 314. The van der Waals surface area contributed by atoms with Crippen LogP contribution in [0.3, 0.4) is 0 Å². The minimum Gasteiger partial charge on any atom is -0.467 e. The van der Waals surface area contributed by atoms with Gasteiger partial charge >= 0.3 is 0 Å². The van der Waals surface area contributed by atoms with Gasteiger partial charge in [0.15, 0.2) is 0 Å². The summed E-state index contributed by atoms with van der Waals surface area (Å²) in [6.45, 7) is 3.48. The molecule has 1 aromatic heterocycles. The zero-order valence-corrected chi connectivity index (χ0v) is 10.7. The molecule has 0 saturated heterocycles. The van der Waals surface area contributed by atoms with Crippen molar-refractivity contribution in [1.29, 1.82) is 0 Å². The molecule has 1 atom stereocenters. The van der Waals surface area contributed by atoms with E-state index in [9.17, 15) is 4.79 Å². The molecule has 0 aliphatic rings. The van der Waals surface area contributed by atoms with Crippen molar-refractivity contribution in [1.82, 2.24) is 5.32 Å². The van der Waals surface area contributed by atoms with Crippen LogP contribution in [-0.2, 0) is 16.1 Å². The van der Waals surface area contributed by atoms with E-state index in [1.807, 2.05) is 12.1 Å². The molecular weight excluding hydrogens is 242 g/mol. The van der Waals surface area contributed by atoms with E-state index in [-0.39, 0.29) is 11.8 Å². The van der Waals surface area contributed by atoms with Gasteiger partial charge in [0.2, 0.25) is 5.91 Å². The first-order valence-corrected chi connectivity index (χ1v) is 6.21. The Kier molecular flexibility index (Phi) is 6.74. The van der Waals surface area contributed by atoms with Crippen LogP contribution in [0.2, 0.25) is 0 Å². The molecule has 5 heteroatoms. The number of nitrogens with one attached hydrogen (secondary N) is 1. The van der Waals surface area contributed by atoms with Gasteiger partial charge in [-0.15, -0.1) is 11.6 Å². The Hall–Kier alpha value is -1.00. The van der Waals surface area contributed by atoms with Gasteiger partial charge in [0.25, 0.3) is 0 Å². The molecule has 0 aliphatic carbocycles. The summed E-state index contributed by atoms with van der Waals surface area (Å²) in [5.41, 5.74) is 0. The molecule has 0 radical (unpaired) electrons. The van der Waals surface area contributed by atoms with Crippen molar-refractivity contribution in [2.45, 2.75) is 20.0 Å². The molecule has 0 spiro atoms. The molecule has 0 aliphatic heterocycles. The Balaban J connectivity index is 1.96. The van der Waals surface area contributed by atoms with Crippen molar-refractivity contribution < 1.29 is 13.9 Å². The Morgan fingerprint density at radius 2 is 2.47 bits per heavy atom. The molecule has 1 aromatic rings. The molecular formula is C12H18ClNO3. The summed E-state index contributed by atoms with van der Waals surface area (Å²) in [7, 11) is 0. The van der Waals surface area contributed by atoms with Gasteiger partial charge in [-0.25, -0.2) is 0 Å². The van der Waals surface area contributed by atoms with Crippen LogP contribution in [0.25, 0.3) is 0 Å². The Labute approximate surface area is 106 Å². The van der Waals surface area contributed by atoms with Crippen molar-refractivity contribution in [3.8, 4) is 0 Å². The molecule has 1 rings (SSSR count). The summed E-state index contributed by atoms with van der Waals surface area (Å²) in [5, 5.41) is 2.80. The van der Waals surface area contributed by atoms with Crippen molar-refractivity contribution in [3.63, 3.8) is 0 Å². The van der Waals surface area contributed by atoms with E-state index in [4.69, 9.17) is 20.8 Å². The third kappa shape index (κ3) is 5.75. The maximum atomic E-state index is 11.3. The monoisotopic (exact) mass is 259 g/mol. The van der Waals surface area contributed by atoms with Crippen LogP contribution in [-0.4, -0.2) is 24.9 Å². The smallest absolute Gasteiger partial charge is 0.224 e. The average molecular weight is 260 g/mol. The van der Waals surface area contributed by atoms with Gasteiger partial charge in [-0.2, -0.15) is 0 Å². The van der Waals surface area contributed by atoms with Crippen molar-refractivity contribution in [3.05, 3.63) is 24.2 Å². The summed E-state index contributed by atoms with van der Waals surface area (Å²) in [5.74, 6) is 1.01. The maximum Gasteiger partial charge on any atom is 0.224 e. The van der Waals surface area contributed by atoms with Crippen LogP contribution in [0, 0.1) is 5.92 Å². The highest BCUT2D eigenvalue weighted by Gasteiger charge is 2.09. The van der Waals surface area contributed by atoms with Gasteiger partial charge in [0, 0.05) is 24.9 Å². The largest absolute Gasteiger partial charge is 0.467 e. The normalized spacial score (nSPS) is 12.4. The minimum absolute atomic E-state index is 0.00830. The Morgan fingerprint density at radius 3 is 3.12 bits per heavy atom. The molecule has 17 heavy (non-hydrogen) atoms. The van der Waals surface area contributed by atoms with Crippen molar-refractivity contribution in [2.75, 3.05) is 19.0 Å². The third-order valence-electron chi connectivity index (χ3n) is 2.27. The van der Waals surface area contributed by atoms with Gasteiger partial charge < -0.3 is 14.5 Å². The third-order valence-corrected chi connectivity index (χ3v) is 2.73. The van der Waals surface area contributed by atoms with Crippen LogP contribution in [0.1, 0.15) is 19.1 Å². The number of halogens is 1. The molecule has 0 aromatic carbocycles. The molecule has 1 amide bonds. The highest BCUT2D eigenvalue weighted by atomic mass is 35.5. The first kappa shape index (κ1) is 14.1. The van der Waals surface area contributed by atoms with Crippen molar-refractivity contribution >= 4 is 17.5 Å². The van der Waals surface area contributed by atoms with Crippen LogP contribution >= 0.6 is 11.6 Å². The van der Waals surface area contributed by atoms with E-state index in [2.05, 4.69) is 5.32 Å². The summed E-state index contributed by atoms with van der Waals surface area (Å²) >= 11 is 5.57. The quantitative estimate of drug-likeness (QED) is 0.575. The highest BCUT2D eigenvalue weighted by molar-refractivity contribution is 6.19. The molecule has 0 bridgehead atoms. The zero-order chi connectivity index (χ0) is 12.5. The lowest BCUT2D eigenvalue weighted by Crippen LogP contribution is -2.31. The van der Waals surface area contributed by atoms with Crippen LogP contribution < -0.4 is 5.32 Å². The number of carbonyl (C=O) groups excluding carboxylic acids is 1. The minimum atomic E-state index is -0.138. The molecule has 4 nitrogen and oxygen atoms in total. The highest BCUT2D eigenvalue weighted by Crippen LogP contribution is 2.02. The fourth-order valence-corrected chi connectivity index (χ4v) is 1.34. The second kappa shape index (κ2) is 8.14. The second-order valence-corrected chi connectivity index (χ2v) is 4.14. The topological polar surface area (TPSA) is 51.5 Å². The SMILES string of the molecule is CC(CCl)C(=O)NCCCOCc1ccco1. The Morgan fingerprint density at radius 1 is 1.65 bits per heavy atom. The molecule has 1 heterocycles. The van der Waals surface area contributed by atoms with E-state index in [1.54, 1.807) is 13.2 Å². The van der Waals surface area contributed by atoms with Gasteiger partial charge in [-0.1, -0.05) is 6.92 Å². The van der Waals surface area contributed by atoms with E-state index >= 15 is 0 Å². The first-order valence-electron chi connectivity index (χ1n) is 5.68. The lowest BCUT2D eigenvalue weighted by molar-refractivity contribution is -0.123. The predicted molar refractivity (Wildman–Crippen MR) is 65.9 cm³/mol. The van der Waals surface area contributed by atoms with Crippen molar-refractivity contribution in [2.24, 2.45) is 5.92 Å². The average Bonchev–Trinajstić information content (AvgIpc) is 2.85. The molecule has 0 fully saturated rings. The lowest BCUT2D eigenvalue weighted by atomic mass is 10.2.